The molecule has 2 N–H and O–H groups in total. The highest BCUT2D eigenvalue weighted by Gasteiger charge is 2.13. The fourth-order valence-electron chi connectivity index (χ4n) is 2.18. The summed E-state index contributed by atoms with van der Waals surface area (Å²) >= 11 is 3.24. The zero-order valence-electron chi connectivity index (χ0n) is 11.1. The lowest BCUT2D eigenvalue weighted by Gasteiger charge is -2.02. The molecule has 0 aliphatic rings. The van der Waals surface area contributed by atoms with Gasteiger partial charge in [0.1, 0.15) is 11.5 Å². The number of aromatic nitrogens is 2. The van der Waals surface area contributed by atoms with Crippen molar-refractivity contribution in [1.29, 1.82) is 0 Å². The fraction of sp³-hybridized carbons (Fsp3) is 0.0625. The number of hydrogen-bond donors (Lipinski definition) is 1. The van der Waals surface area contributed by atoms with Gasteiger partial charge in [0, 0.05) is 16.2 Å². The molecule has 0 atom stereocenters. The summed E-state index contributed by atoms with van der Waals surface area (Å²) in [6, 6.07) is 14.8. The first-order chi connectivity index (χ1) is 10.1. The van der Waals surface area contributed by atoms with Crippen molar-refractivity contribution in [3.63, 3.8) is 0 Å². The minimum atomic E-state index is -0.346. The van der Waals surface area contributed by atoms with Crippen LogP contribution in [0.5, 0.6) is 0 Å². The van der Waals surface area contributed by atoms with Gasteiger partial charge in [0.05, 0.1) is 12.2 Å². The van der Waals surface area contributed by atoms with Crippen molar-refractivity contribution in [2.24, 2.45) is 0 Å². The standard InChI is InChI=1S/C16H13BrFN3/c17-12-6-7-13(14(18)8-12)16-15(19)10-21(20-16)9-11-4-2-1-3-5-11/h1-8,10H,9,19H2. The van der Waals surface area contributed by atoms with Crippen LogP contribution in [0, 0.1) is 5.82 Å². The average Bonchev–Trinajstić information content (AvgIpc) is 2.80. The first-order valence-corrected chi connectivity index (χ1v) is 7.25. The molecular weight excluding hydrogens is 333 g/mol. The molecule has 3 aromatic rings. The first-order valence-electron chi connectivity index (χ1n) is 6.46. The van der Waals surface area contributed by atoms with Crippen molar-refractivity contribution in [2.75, 3.05) is 5.73 Å². The first kappa shape index (κ1) is 13.8. The zero-order chi connectivity index (χ0) is 14.8. The van der Waals surface area contributed by atoms with Crippen LogP contribution in [0.1, 0.15) is 5.56 Å². The summed E-state index contributed by atoms with van der Waals surface area (Å²) < 4.78 is 16.4. The molecule has 3 nitrogen and oxygen atoms in total. The van der Waals surface area contributed by atoms with Crippen molar-refractivity contribution in [1.82, 2.24) is 9.78 Å². The molecule has 0 saturated carbocycles. The predicted molar refractivity (Wildman–Crippen MR) is 85.3 cm³/mol. The molecule has 0 bridgehead atoms. The van der Waals surface area contributed by atoms with E-state index in [2.05, 4.69) is 21.0 Å². The molecule has 3 rings (SSSR count). The molecule has 0 unspecified atom stereocenters. The summed E-state index contributed by atoms with van der Waals surface area (Å²) in [5, 5.41) is 4.40. The Morgan fingerprint density at radius 1 is 1.14 bits per heavy atom. The Labute approximate surface area is 130 Å². The number of nitrogens with zero attached hydrogens (tertiary/aromatic N) is 2. The maximum atomic E-state index is 14.0. The number of rotatable bonds is 3. The second kappa shape index (κ2) is 5.69. The van der Waals surface area contributed by atoms with Crippen molar-refractivity contribution in [3.05, 3.63) is 70.6 Å². The minimum Gasteiger partial charge on any atom is -0.396 e. The monoisotopic (exact) mass is 345 g/mol. The molecule has 21 heavy (non-hydrogen) atoms. The predicted octanol–water partition coefficient (Wildman–Crippen LogP) is 4.08. The van der Waals surface area contributed by atoms with Gasteiger partial charge in [-0.1, -0.05) is 46.3 Å². The highest BCUT2D eigenvalue weighted by molar-refractivity contribution is 9.10. The van der Waals surface area contributed by atoms with E-state index >= 15 is 0 Å². The second-order valence-electron chi connectivity index (χ2n) is 4.74. The van der Waals surface area contributed by atoms with E-state index in [4.69, 9.17) is 5.73 Å². The fourth-order valence-corrected chi connectivity index (χ4v) is 2.51. The van der Waals surface area contributed by atoms with Crippen molar-refractivity contribution in [2.45, 2.75) is 6.54 Å². The largest absolute Gasteiger partial charge is 0.396 e. The molecule has 106 valence electrons. The summed E-state index contributed by atoms with van der Waals surface area (Å²) in [4.78, 5) is 0. The van der Waals surface area contributed by atoms with Crippen LogP contribution in [0.4, 0.5) is 10.1 Å². The molecule has 5 heteroatoms. The van der Waals surface area contributed by atoms with Crippen LogP contribution < -0.4 is 5.73 Å². The van der Waals surface area contributed by atoms with Crippen molar-refractivity contribution < 1.29 is 4.39 Å². The molecule has 0 spiro atoms. The highest BCUT2D eigenvalue weighted by atomic mass is 79.9. The van der Waals surface area contributed by atoms with Crippen LogP contribution in [0.25, 0.3) is 11.3 Å². The number of hydrogen-bond acceptors (Lipinski definition) is 2. The van der Waals surface area contributed by atoms with Gasteiger partial charge in [-0.05, 0) is 23.8 Å². The maximum absolute atomic E-state index is 14.0. The van der Waals surface area contributed by atoms with Gasteiger partial charge in [-0.15, -0.1) is 0 Å². The molecule has 0 aliphatic heterocycles. The number of anilines is 1. The van der Waals surface area contributed by atoms with E-state index in [1.807, 2.05) is 30.3 Å². The SMILES string of the molecule is Nc1cn(Cc2ccccc2)nc1-c1ccc(Br)cc1F. The van der Waals surface area contributed by atoms with Gasteiger partial charge in [-0.2, -0.15) is 5.10 Å². The highest BCUT2D eigenvalue weighted by Crippen LogP contribution is 2.28. The Balaban J connectivity index is 1.94. The van der Waals surface area contributed by atoms with E-state index in [9.17, 15) is 4.39 Å². The minimum absolute atomic E-state index is 0.346. The van der Waals surface area contributed by atoms with Crippen LogP contribution in [0.3, 0.4) is 0 Å². The molecular formula is C16H13BrFN3. The van der Waals surface area contributed by atoms with Gasteiger partial charge >= 0.3 is 0 Å². The van der Waals surface area contributed by atoms with Crippen LogP contribution >= 0.6 is 15.9 Å². The van der Waals surface area contributed by atoms with Gasteiger partial charge < -0.3 is 5.73 Å². The number of halogens is 2. The molecule has 0 radical (unpaired) electrons. The summed E-state index contributed by atoms with van der Waals surface area (Å²) in [6.45, 7) is 0.600. The molecule has 0 aliphatic carbocycles. The van der Waals surface area contributed by atoms with Gasteiger partial charge in [-0.25, -0.2) is 4.39 Å². The lowest BCUT2D eigenvalue weighted by Crippen LogP contribution is -2.00. The Morgan fingerprint density at radius 3 is 2.62 bits per heavy atom. The number of nitrogens with two attached hydrogens (primary N) is 1. The van der Waals surface area contributed by atoms with Crippen LogP contribution in [0.15, 0.2) is 59.2 Å². The smallest absolute Gasteiger partial charge is 0.133 e. The van der Waals surface area contributed by atoms with Crippen molar-refractivity contribution >= 4 is 21.6 Å². The maximum Gasteiger partial charge on any atom is 0.133 e. The van der Waals surface area contributed by atoms with E-state index < -0.39 is 0 Å². The van der Waals surface area contributed by atoms with Gasteiger partial charge in [0.25, 0.3) is 0 Å². The van der Waals surface area contributed by atoms with Gasteiger partial charge in [0.15, 0.2) is 0 Å². The number of benzene rings is 2. The van der Waals surface area contributed by atoms with Crippen molar-refractivity contribution in [3.8, 4) is 11.3 Å². The van der Waals surface area contributed by atoms with Gasteiger partial charge in [0.2, 0.25) is 0 Å². The van der Waals surface area contributed by atoms with Crippen LogP contribution in [0.2, 0.25) is 0 Å². The number of nitrogen functional groups attached to an aromatic ring is 1. The molecule has 0 amide bonds. The topological polar surface area (TPSA) is 43.8 Å². The van der Waals surface area contributed by atoms with Gasteiger partial charge in [-0.3, -0.25) is 4.68 Å². The van der Waals surface area contributed by atoms with E-state index in [0.29, 0.717) is 28.0 Å². The van der Waals surface area contributed by atoms with E-state index in [1.165, 1.54) is 6.07 Å². The average molecular weight is 346 g/mol. The molecule has 1 heterocycles. The second-order valence-corrected chi connectivity index (χ2v) is 5.66. The van der Waals surface area contributed by atoms with Crippen LogP contribution in [-0.4, -0.2) is 9.78 Å². The Kier molecular flexibility index (Phi) is 3.75. The Bertz CT molecular complexity index is 768. The van der Waals surface area contributed by atoms with E-state index in [1.54, 1.807) is 23.0 Å². The normalized spacial score (nSPS) is 10.8. The lowest BCUT2D eigenvalue weighted by molar-refractivity contribution is 0.628. The third-order valence-electron chi connectivity index (χ3n) is 3.16. The summed E-state index contributed by atoms with van der Waals surface area (Å²) in [5.74, 6) is -0.346. The third kappa shape index (κ3) is 2.97. The zero-order valence-corrected chi connectivity index (χ0v) is 12.7. The quantitative estimate of drug-likeness (QED) is 0.777. The Morgan fingerprint density at radius 2 is 1.90 bits per heavy atom. The Hall–Kier alpha value is -2.14. The molecule has 2 aromatic carbocycles. The summed E-state index contributed by atoms with van der Waals surface area (Å²) in [7, 11) is 0. The molecule has 0 saturated heterocycles. The van der Waals surface area contributed by atoms with E-state index in [0.717, 1.165) is 5.56 Å². The third-order valence-corrected chi connectivity index (χ3v) is 3.66. The summed E-state index contributed by atoms with van der Waals surface area (Å²) in [6.07, 6.45) is 1.73. The van der Waals surface area contributed by atoms with E-state index in [-0.39, 0.29) is 5.82 Å². The molecule has 0 fully saturated rings. The summed E-state index contributed by atoms with van der Waals surface area (Å²) in [5.41, 5.74) is 8.42. The molecule has 1 aromatic heterocycles. The lowest BCUT2D eigenvalue weighted by atomic mass is 10.1. The van der Waals surface area contributed by atoms with Crippen LogP contribution in [-0.2, 0) is 6.54 Å².